The predicted molar refractivity (Wildman–Crippen MR) is 108 cm³/mol. The summed E-state index contributed by atoms with van der Waals surface area (Å²) < 4.78 is 0. The van der Waals surface area contributed by atoms with Crippen LogP contribution in [0.2, 0.25) is 0 Å². The monoisotopic (exact) mass is 380 g/mol. The van der Waals surface area contributed by atoms with Crippen molar-refractivity contribution in [3.63, 3.8) is 0 Å². The van der Waals surface area contributed by atoms with Crippen molar-refractivity contribution in [3.8, 4) is 0 Å². The minimum Gasteiger partial charge on any atom is -0.388 e. The summed E-state index contributed by atoms with van der Waals surface area (Å²) in [4.78, 5) is 26.2. The largest absolute Gasteiger partial charge is 0.388 e. The first-order valence-corrected chi connectivity index (χ1v) is 9.87. The van der Waals surface area contributed by atoms with Crippen molar-refractivity contribution in [1.82, 2.24) is 10.2 Å². The molecule has 0 aliphatic carbocycles. The van der Waals surface area contributed by atoms with E-state index in [1.165, 1.54) is 6.92 Å². The number of hydrogen-bond acceptors (Lipinski definition) is 3. The summed E-state index contributed by atoms with van der Waals surface area (Å²) in [6.45, 7) is 2.74. The van der Waals surface area contributed by atoms with Crippen LogP contribution in [-0.2, 0) is 9.59 Å². The van der Waals surface area contributed by atoms with Crippen LogP contribution in [0, 0.1) is 5.92 Å². The van der Waals surface area contributed by atoms with Crippen molar-refractivity contribution in [2.45, 2.75) is 38.3 Å². The van der Waals surface area contributed by atoms with Gasteiger partial charge < -0.3 is 15.3 Å². The van der Waals surface area contributed by atoms with Crippen molar-refractivity contribution in [2.75, 3.05) is 13.1 Å². The van der Waals surface area contributed by atoms with Crippen molar-refractivity contribution in [3.05, 3.63) is 71.8 Å². The van der Waals surface area contributed by atoms with E-state index in [4.69, 9.17) is 0 Å². The molecule has 0 saturated carbocycles. The zero-order valence-electron chi connectivity index (χ0n) is 16.3. The molecule has 0 aromatic heterocycles. The number of aliphatic hydroxyl groups is 1. The van der Waals surface area contributed by atoms with Gasteiger partial charge in [-0.2, -0.15) is 0 Å². The van der Waals surface area contributed by atoms with Gasteiger partial charge in [0.25, 0.3) is 0 Å². The minimum atomic E-state index is -0.491. The summed E-state index contributed by atoms with van der Waals surface area (Å²) in [6, 6.07) is 19.0. The number of nitrogens with zero attached hydrogens (tertiary/aromatic N) is 1. The average Bonchev–Trinajstić information content (AvgIpc) is 2.74. The van der Waals surface area contributed by atoms with Gasteiger partial charge in [0, 0.05) is 20.0 Å². The van der Waals surface area contributed by atoms with E-state index >= 15 is 0 Å². The molecule has 148 valence electrons. The molecule has 0 bridgehead atoms. The van der Waals surface area contributed by atoms with Gasteiger partial charge in [-0.1, -0.05) is 60.7 Å². The number of benzene rings is 2. The number of nitrogens with one attached hydrogen (secondary N) is 1. The van der Waals surface area contributed by atoms with Gasteiger partial charge >= 0.3 is 0 Å². The van der Waals surface area contributed by atoms with Gasteiger partial charge in [0.2, 0.25) is 11.8 Å². The van der Waals surface area contributed by atoms with Crippen molar-refractivity contribution in [2.24, 2.45) is 5.92 Å². The number of carbonyl (C=O) groups is 2. The molecule has 2 aromatic carbocycles. The molecular weight excluding hydrogens is 352 g/mol. The number of aliphatic hydroxyl groups excluding tert-OH is 1. The zero-order chi connectivity index (χ0) is 19.9. The summed E-state index contributed by atoms with van der Waals surface area (Å²) in [5, 5.41) is 13.5. The van der Waals surface area contributed by atoms with Gasteiger partial charge in [0.1, 0.15) is 0 Å². The fraction of sp³-hybridized carbons (Fsp3) is 0.391. The molecular formula is C23H28N2O3. The first kappa shape index (κ1) is 20.1. The molecule has 2 aromatic rings. The Morgan fingerprint density at radius 1 is 1.00 bits per heavy atom. The van der Waals surface area contributed by atoms with Crippen LogP contribution in [0.25, 0.3) is 0 Å². The first-order chi connectivity index (χ1) is 13.5. The fourth-order valence-corrected chi connectivity index (χ4v) is 3.87. The maximum atomic E-state index is 12.8. The Hall–Kier alpha value is -2.66. The summed E-state index contributed by atoms with van der Waals surface area (Å²) in [6.07, 6.45) is 1.31. The van der Waals surface area contributed by atoms with Crippen molar-refractivity contribution < 1.29 is 14.7 Å². The molecule has 5 nitrogen and oxygen atoms in total. The van der Waals surface area contributed by atoms with Crippen LogP contribution in [0.15, 0.2) is 60.7 Å². The second kappa shape index (κ2) is 9.51. The second-order valence-electron chi connectivity index (χ2n) is 7.44. The van der Waals surface area contributed by atoms with Crippen LogP contribution in [0.4, 0.5) is 0 Å². The topological polar surface area (TPSA) is 69.6 Å². The Kier molecular flexibility index (Phi) is 6.82. The maximum absolute atomic E-state index is 12.8. The van der Waals surface area contributed by atoms with Crippen LogP contribution in [0.3, 0.4) is 0 Å². The van der Waals surface area contributed by atoms with E-state index in [-0.39, 0.29) is 30.2 Å². The third-order valence-corrected chi connectivity index (χ3v) is 5.44. The number of piperidine rings is 1. The highest BCUT2D eigenvalue weighted by atomic mass is 16.3. The third-order valence-electron chi connectivity index (χ3n) is 5.44. The Bertz CT molecular complexity index is 771. The lowest BCUT2D eigenvalue weighted by Gasteiger charge is -2.35. The van der Waals surface area contributed by atoms with Gasteiger partial charge in [-0.05, 0) is 29.9 Å². The smallest absolute Gasteiger partial charge is 0.224 e. The fourth-order valence-electron chi connectivity index (χ4n) is 3.87. The van der Waals surface area contributed by atoms with E-state index in [0.29, 0.717) is 13.1 Å². The normalized spacial score (nSPS) is 17.0. The Balaban J connectivity index is 1.57. The molecule has 0 radical (unpaired) electrons. The lowest BCUT2D eigenvalue weighted by atomic mass is 9.87. The summed E-state index contributed by atoms with van der Waals surface area (Å²) in [5.74, 6) is 0.0494. The molecule has 1 fully saturated rings. The number of rotatable bonds is 6. The highest BCUT2D eigenvalue weighted by Crippen LogP contribution is 2.31. The minimum absolute atomic E-state index is 0.0373. The highest BCUT2D eigenvalue weighted by Gasteiger charge is 2.29. The number of likely N-dealkylation sites (tertiary alicyclic amines) is 1. The Morgan fingerprint density at radius 3 is 2.07 bits per heavy atom. The highest BCUT2D eigenvalue weighted by molar-refractivity contribution is 5.79. The molecule has 2 unspecified atom stereocenters. The van der Waals surface area contributed by atoms with Crippen molar-refractivity contribution >= 4 is 11.8 Å². The van der Waals surface area contributed by atoms with Gasteiger partial charge in [0.05, 0.1) is 18.6 Å². The van der Waals surface area contributed by atoms with Crippen LogP contribution >= 0.6 is 0 Å². The summed E-state index contributed by atoms with van der Waals surface area (Å²) in [5.41, 5.74) is 1.86. The van der Waals surface area contributed by atoms with E-state index in [2.05, 4.69) is 5.32 Å². The molecule has 1 heterocycles. The predicted octanol–water partition coefficient (Wildman–Crippen LogP) is 3.23. The van der Waals surface area contributed by atoms with E-state index in [0.717, 1.165) is 24.0 Å². The molecule has 1 aliphatic heterocycles. The Morgan fingerprint density at radius 2 is 1.54 bits per heavy atom. The molecule has 2 atom stereocenters. The maximum Gasteiger partial charge on any atom is 0.224 e. The summed E-state index contributed by atoms with van der Waals surface area (Å²) >= 11 is 0. The van der Waals surface area contributed by atoms with Gasteiger partial charge in [-0.25, -0.2) is 0 Å². The van der Waals surface area contributed by atoms with Gasteiger partial charge in [0.15, 0.2) is 0 Å². The summed E-state index contributed by atoms with van der Waals surface area (Å²) in [7, 11) is 0. The van der Waals surface area contributed by atoms with Crippen LogP contribution in [0.5, 0.6) is 0 Å². The quantitative estimate of drug-likeness (QED) is 0.808. The molecule has 2 N–H and O–H groups in total. The van der Waals surface area contributed by atoms with Gasteiger partial charge in [-0.15, -0.1) is 0 Å². The molecule has 2 amide bonds. The van der Waals surface area contributed by atoms with E-state index < -0.39 is 6.10 Å². The van der Waals surface area contributed by atoms with E-state index in [9.17, 15) is 14.7 Å². The van der Waals surface area contributed by atoms with Crippen LogP contribution < -0.4 is 5.32 Å². The molecule has 1 saturated heterocycles. The third kappa shape index (κ3) is 5.20. The second-order valence-corrected chi connectivity index (χ2v) is 7.44. The van der Waals surface area contributed by atoms with Gasteiger partial charge in [-0.3, -0.25) is 9.59 Å². The SMILES string of the molecule is CC(=O)NC(CC(=O)N1CCC(C(O)c2ccccc2)CC1)c1ccccc1. The van der Waals surface area contributed by atoms with Crippen molar-refractivity contribution in [1.29, 1.82) is 0 Å². The number of amides is 2. The molecule has 1 aliphatic rings. The molecule has 28 heavy (non-hydrogen) atoms. The molecule has 5 heteroatoms. The number of carbonyl (C=O) groups excluding carboxylic acids is 2. The Labute approximate surface area is 166 Å². The average molecular weight is 380 g/mol. The lowest BCUT2D eigenvalue weighted by molar-refractivity contribution is -0.134. The number of hydrogen-bond donors (Lipinski definition) is 2. The lowest BCUT2D eigenvalue weighted by Crippen LogP contribution is -2.41. The van der Waals surface area contributed by atoms with E-state index in [1.807, 2.05) is 65.6 Å². The van der Waals surface area contributed by atoms with E-state index in [1.54, 1.807) is 0 Å². The first-order valence-electron chi connectivity index (χ1n) is 9.87. The zero-order valence-corrected chi connectivity index (χ0v) is 16.3. The standard InChI is InChI=1S/C23H28N2O3/c1-17(26)24-21(18-8-4-2-5-9-18)16-22(27)25-14-12-20(13-15-25)23(28)19-10-6-3-7-11-19/h2-11,20-21,23,28H,12-16H2,1H3,(H,24,26). The molecule has 3 rings (SSSR count). The van der Waals surface area contributed by atoms with Crippen LogP contribution in [-0.4, -0.2) is 34.9 Å². The van der Waals surface area contributed by atoms with Crippen LogP contribution in [0.1, 0.15) is 49.5 Å². The molecule has 0 spiro atoms.